The van der Waals surface area contributed by atoms with E-state index in [-0.39, 0.29) is 6.61 Å². The van der Waals surface area contributed by atoms with Crippen molar-refractivity contribution in [3.8, 4) is 0 Å². The van der Waals surface area contributed by atoms with Crippen molar-refractivity contribution < 1.29 is 5.11 Å². The first-order valence-corrected chi connectivity index (χ1v) is 6.91. The number of imidazole rings is 1. The molecule has 0 aromatic carbocycles. The number of aliphatic hydroxyl groups excluding tert-OH is 1. The SMILES string of the molecule is CN(C)c1ncnc2c1ncn2CCSCCO. The second-order valence-electron chi connectivity index (χ2n) is 4.04. The summed E-state index contributed by atoms with van der Waals surface area (Å²) in [4.78, 5) is 14.8. The van der Waals surface area contributed by atoms with Gasteiger partial charge in [0.1, 0.15) is 6.33 Å². The third-order valence-electron chi connectivity index (χ3n) is 2.52. The number of fused-ring (bicyclic) bond motifs is 1. The quantitative estimate of drug-likeness (QED) is 0.774. The molecule has 1 N–H and O–H groups in total. The van der Waals surface area contributed by atoms with E-state index in [1.807, 2.05) is 23.6 Å². The predicted octanol–water partition coefficient (Wildman–Crippen LogP) is 0.618. The van der Waals surface area contributed by atoms with Crippen LogP contribution in [0.3, 0.4) is 0 Å². The van der Waals surface area contributed by atoms with Gasteiger partial charge in [0.15, 0.2) is 17.0 Å². The molecule has 0 aliphatic carbocycles. The Balaban J connectivity index is 2.18. The van der Waals surface area contributed by atoms with Gasteiger partial charge in [0, 0.05) is 32.1 Å². The number of hydrogen-bond donors (Lipinski definition) is 1. The van der Waals surface area contributed by atoms with E-state index in [0.717, 1.165) is 35.0 Å². The highest BCUT2D eigenvalue weighted by Gasteiger charge is 2.10. The molecule has 0 saturated carbocycles. The van der Waals surface area contributed by atoms with Crippen LogP contribution < -0.4 is 4.90 Å². The Morgan fingerprint density at radius 3 is 2.83 bits per heavy atom. The van der Waals surface area contributed by atoms with Crippen molar-refractivity contribution in [2.45, 2.75) is 6.54 Å². The Hall–Kier alpha value is -1.34. The van der Waals surface area contributed by atoms with Crippen LogP contribution in [0.4, 0.5) is 5.82 Å². The average Bonchev–Trinajstić information content (AvgIpc) is 2.77. The van der Waals surface area contributed by atoms with Crippen LogP contribution in [0.5, 0.6) is 0 Å². The zero-order valence-electron chi connectivity index (χ0n) is 10.6. The third-order valence-corrected chi connectivity index (χ3v) is 3.46. The van der Waals surface area contributed by atoms with E-state index in [4.69, 9.17) is 5.11 Å². The molecule has 2 heterocycles. The summed E-state index contributed by atoms with van der Waals surface area (Å²) < 4.78 is 2.02. The number of aryl methyl sites for hydroxylation is 1. The largest absolute Gasteiger partial charge is 0.396 e. The Kier molecular flexibility index (Phi) is 4.38. The lowest BCUT2D eigenvalue weighted by Crippen LogP contribution is -2.11. The summed E-state index contributed by atoms with van der Waals surface area (Å²) in [6.07, 6.45) is 3.36. The molecular formula is C11H17N5OS. The Labute approximate surface area is 110 Å². The Bertz CT molecular complexity index is 513. The second kappa shape index (κ2) is 6.01. The lowest BCUT2D eigenvalue weighted by Gasteiger charge is -2.10. The number of hydrogen-bond acceptors (Lipinski definition) is 6. The lowest BCUT2D eigenvalue weighted by atomic mass is 10.4. The van der Waals surface area contributed by atoms with Crippen molar-refractivity contribution in [1.82, 2.24) is 19.5 Å². The van der Waals surface area contributed by atoms with Crippen LogP contribution in [-0.2, 0) is 6.54 Å². The van der Waals surface area contributed by atoms with Crippen LogP contribution in [0.1, 0.15) is 0 Å². The van der Waals surface area contributed by atoms with Crippen LogP contribution >= 0.6 is 11.8 Å². The molecule has 0 unspecified atom stereocenters. The van der Waals surface area contributed by atoms with Crippen LogP contribution in [0, 0.1) is 0 Å². The molecule has 7 heteroatoms. The molecule has 18 heavy (non-hydrogen) atoms. The van der Waals surface area contributed by atoms with E-state index in [0.29, 0.717) is 0 Å². The van der Waals surface area contributed by atoms with Crippen molar-refractivity contribution in [3.63, 3.8) is 0 Å². The molecule has 0 atom stereocenters. The monoisotopic (exact) mass is 267 g/mol. The predicted molar refractivity (Wildman–Crippen MR) is 74.1 cm³/mol. The normalized spacial score (nSPS) is 11.1. The van der Waals surface area contributed by atoms with Gasteiger partial charge in [0.05, 0.1) is 12.9 Å². The third kappa shape index (κ3) is 2.73. The highest BCUT2D eigenvalue weighted by Crippen LogP contribution is 2.19. The van der Waals surface area contributed by atoms with Crippen molar-refractivity contribution >= 4 is 28.7 Å². The van der Waals surface area contributed by atoms with E-state index in [1.165, 1.54) is 0 Å². The highest BCUT2D eigenvalue weighted by molar-refractivity contribution is 7.99. The molecule has 0 bridgehead atoms. The molecule has 0 aliphatic heterocycles. The Morgan fingerprint density at radius 2 is 2.11 bits per heavy atom. The number of rotatable bonds is 6. The van der Waals surface area contributed by atoms with E-state index in [2.05, 4.69) is 15.0 Å². The van der Waals surface area contributed by atoms with Gasteiger partial charge >= 0.3 is 0 Å². The summed E-state index contributed by atoms with van der Waals surface area (Å²) in [5.74, 6) is 2.54. The minimum absolute atomic E-state index is 0.224. The van der Waals surface area contributed by atoms with Gasteiger partial charge in [-0.1, -0.05) is 0 Å². The summed E-state index contributed by atoms with van der Waals surface area (Å²) in [7, 11) is 3.88. The molecule has 0 amide bonds. The standard InChI is InChI=1S/C11H17N5OS/c1-15(2)10-9-11(13-7-12-10)16(8-14-9)3-5-18-6-4-17/h7-8,17H,3-6H2,1-2H3. The van der Waals surface area contributed by atoms with Crippen molar-refractivity contribution in [2.75, 3.05) is 37.1 Å². The van der Waals surface area contributed by atoms with E-state index < -0.39 is 0 Å². The van der Waals surface area contributed by atoms with Gasteiger partial charge in [0.2, 0.25) is 0 Å². The van der Waals surface area contributed by atoms with Gasteiger partial charge in [-0.25, -0.2) is 15.0 Å². The Morgan fingerprint density at radius 1 is 1.28 bits per heavy atom. The summed E-state index contributed by atoms with van der Waals surface area (Å²) in [6, 6.07) is 0. The molecule has 0 fully saturated rings. The molecule has 98 valence electrons. The number of nitrogens with zero attached hydrogens (tertiary/aromatic N) is 5. The summed E-state index contributed by atoms with van der Waals surface area (Å²) in [5.41, 5.74) is 1.69. The summed E-state index contributed by atoms with van der Waals surface area (Å²) in [6.45, 7) is 1.06. The smallest absolute Gasteiger partial charge is 0.165 e. The first kappa shape index (κ1) is 13.1. The van der Waals surface area contributed by atoms with E-state index in [9.17, 15) is 0 Å². The topological polar surface area (TPSA) is 67.1 Å². The molecule has 2 aromatic rings. The maximum atomic E-state index is 8.73. The molecule has 0 saturated heterocycles. The van der Waals surface area contributed by atoms with E-state index in [1.54, 1.807) is 24.4 Å². The maximum Gasteiger partial charge on any atom is 0.165 e. The molecule has 0 spiro atoms. The molecule has 2 rings (SSSR count). The minimum Gasteiger partial charge on any atom is -0.396 e. The molecule has 0 aliphatic rings. The number of aliphatic hydroxyl groups is 1. The van der Waals surface area contributed by atoms with Crippen molar-refractivity contribution in [3.05, 3.63) is 12.7 Å². The van der Waals surface area contributed by atoms with Gasteiger partial charge in [-0.05, 0) is 0 Å². The molecule has 0 radical (unpaired) electrons. The average molecular weight is 267 g/mol. The molecule has 6 nitrogen and oxygen atoms in total. The highest BCUT2D eigenvalue weighted by atomic mass is 32.2. The fourth-order valence-electron chi connectivity index (χ4n) is 1.69. The number of thioether (sulfide) groups is 1. The second-order valence-corrected chi connectivity index (χ2v) is 5.26. The first-order valence-electron chi connectivity index (χ1n) is 5.76. The maximum absolute atomic E-state index is 8.73. The fraction of sp³-hybridized carbons (Fsp3) is 0.545. The van der Waals surface area contributed by atoms with Gasteiger partial charge in [-0.2, -0.15) is 11.8 Å². The number of anilines is 1. The van der Waals surface area contributed by atoms with E-state index >= 15 is 0 Å². The first-order chi connectivity index (χ1) is 8.74. The van der Waals surface area contributed by atoms with Crippen LogP contribution in [0.25, 0.3) is 11.2 Å². The van der Waals surface area contributed by atoms with Gasteiger partial charge in [-0.15, -0.1) is 0 Å². The summed E-state index contributed by atoms with van der Waals surface area (Å²) in [5, 5.41) is 8.73. The van der Waals surface area contributed by atoms with Gasteiger partial charge in [-0.3, -0.25) is 0 Å². The van der Waals surface area contributed by atoms with Gasteiger partial charge in [0.25, 0.3) is 0 Å². The molecule has 2 aromatic heterocycles. The zero-order chi connectivity index (χ0) is 13.0. The van der Waals surface area contributed by atoms with Crippen LogP contribution in [-0.4, -0.2) is 56.8 Å². The summed E-state index contributed by atoms with van der Waals surface area (Å²) >= 11 is 1.72. The van der Waals surface area contributed by atoms with Crippen LogP contribution in [0.2, 0.25) is 0 Å². The van der Waals surface area contributed by atoms with Crippen molar-refractivity contribution in [2.24, 2.45) is 0 Å². The number of aromatic nitrogens is 4. The zero-order valence-corrected chi connectivity index (χ0v) is 11.4. The van der Waals surface area contributed by atoms with Crippen molar-refractivity contribution in [1.29, 1.82) is 0 Å². The fourth-order valence-corrected chi connectivity index (χ4v) is 2.35. The molecular weight excluding hydrogens is 250 g/mol. The van der Waals surface area contributed by atoms with Crippen LogP contribution in [0.15, 0.2) is 12.7 Å². The van der Waals surface area contributed by atoms with Gasteiger partial charge < -0.3 is 14.6 Å². The lowest BCUT2D eigenvalue weighted by molar-refractivity contribution is 0.322. The minimum atomic E-state index is 0.224.